The third kappa shape index (κ3) is 4.67. The lowest BCUT2D eigenvalue weighted by Gasteiger charge is -2.43. The summed E-state index contributed by atoms with van der Waals surface area (Å²) in [4.78, 5) is 0. The summed E-state index contributed by atoms with van der Waals surface area (Å²) >= 11 is 0. The Morgan fingerprint density at radius 3 is 2.62 bits per heavy atom. The van der Waals surface area contributed by atoms with E-state index in [0.29, 0.717) is 23.5 Å². The van der Waals surface area contributed by atoms with Crippen molar-refractivity contribution >= 4 is 0 Å². The molecule has 1 aliphatic carbocycles. The molecule has 0 radical (unpaired) electrons. The van der Waals surface area contributed by atoms with E-state index in [1.165, 1.54) is 38.5 Å². The Kier molecular flexibility index (Phi) is 6.51. The van der Waals surface area contributed by atoms with Crippen LogP contribution in [0.3, 0.4) is 0 Å². The van der Waals surface area contributed by atoms with Gasteiger partial charge in [-0.3, -0.25) is 0 Å². The average Bonchev–Trinajstić information content (AvgIpc) is 2.53. The summed E-state index contributed by atoms with van der Waals surface area (Å²) in [6.45, 7) is 9.55. The predicted octanol–water partition coefficient (Wildman–Crippen LogP) is 3.75. The molecule has 0 amide bonds. The molecule has 124 valence electrons. The van der Waals surface area contributed by atoms with Crippen molar-refractivity contribution in [2.75, 3.05) is 19.8 Å². The van der Waals surface area contributed by atoms with Crippen molar-refractivity contribution in [3.63, 3.8) is 0 Å². The summed E-state index contributed by atoms with van der Waals surface area (Å²) in [7, 11) is 0. The molecule has 21 heavy (non-hydrogen) atoms. The molecule has 0 bridgehead atoms. The van der Waals surface area contributed by atoms with Gasteiger partial charge in [0.2, 0.25) is 0 Å². The molecule has 3 nitrogen and oxygen atoms in total. The second-order valence-corrected chi connectivity index (χ2v) is 7.71. The molecule has 0 spiro atoms. The molecule has 1 saturated heterocycles. The summed E-state index contributed by atoms with van der Waals surface area (Å²) in [5.41, 5.74) is 6.40. The second-order valence-electron chi connectivity index (χ2n) is 7.71. The van der Waals surface area contributed by atoms with Crippen LogP contribution >= 0.6 is 0 Å². The minimum absolute atomic E-state index is 0.316. The van der Waals surface area contributed by atoms with Crippen LogP contribution in [-0.4, -0.2) is 32.0 Å². The Morgan fingerprint density at radius 2 is 2.00 bits per heavy atom. The maximum absolute atomic E-state index is 6.29. The third-order valence-electron chi connectivity index (χ3n) is 6.02. The first kappa shape index (κ1) is 17.2. The third-order valence-corrected chi connectivity index (χ3v) is 6.02. The highest BCUT2D eigenvalue weighted by atomic mass is 16.5. The molecule has 1 saturated carbocycles. The van der Waals surface area contributed by atoms with Crippen LogP contribution in [0.15, 0.2) is 0 Å². The molecule has 1 heterocycles. The van der Waals surface area contributed by atoms with Crippen molar-refractivity contribution in [1.29, 1.82) is 0 Å². The van der Waals surface area contributed by atoms with Gasteiger partial charge in [-0.05, 0) is 62.3 Å². The maximum Gasteiger partial charge on any atom is 0.0808 e. The normalized spacial score (nSPS) is 34.9. The fourth-order valence-electron chi connectivity index (χ4n) is 3.83. The number of ether oxygens (including phenoxy) is 2. The van der Waals surface area contributed by atoms with Crippen LogP contribution < -0.4 is 5.73 Å². The lowest BCUT2D eigenvalue weighted by molar-refractivity contribution is -0.0971. The zero-order valence-corrected chi connectivity index (χ0v) is 14.3. The Labute approximate surface area is 130 Å². The van der Waals surface area contributed by atoms with Gasteiger partial charge in [0.15, 0.2) is 0 Å². The van der Waals surface area contributed by atoms with Gasteiger partial charge in [-0.2, -0.15) is 0 Å². The minimum atomic E-state index is 0.316. The van der Waals surface area contributed by atoms with Crippen molar-refractivity contribution in [2.45, 2.75) is 77.9 Å². The summed E-state index contributed by atoms with van der Waals surface area (Å²) in [6.07, 6.45) is 9.25. The monoisotopic (exact) mass is 297 g/mol. The largest absolute Gasteiger partial charge is 0.376 e. The van der Waals surface area contributed by atoms with Crippen LogP contribution in [0, 0.1) is 17.3 Å². The maximum atomic E-state index is 6.29. The van der Waals surface area contributed by atoms with E-state index < -0.39 is 0 Å². The number of hydrogen-bond donors (Lipinski definition) is 1. The van der Waals surface area contributed by atoms with E-state index in [4.69, 9.17) is 15.2 Å². The van der Waals surface area contributed by atoms with E-state index in [2.05, 4.69) is 20.8 Å². The van der Waals surface area contributed by atoms with E-state index in [1.807, 2.05) is 0 Å². The Hall–Kier alpha value is -0.120. The SMILES string of the molecule is CCC(C)(C)C1CCC(CN)C(OCC2CCCCO2)C1. The van der Waals surface area contributed by atoms with E-state index >= 15 is 0 Å². The Bertz CT molecular complexity index is 300. The Morgan fingerprint density at radius 1 is 1.19 bits per heavy atom. The molecule has 0 aromatic carbocycles. The lowest BCUT2D eigenvalue weighted by atomic mass is 9.66. The number of rotatable bonds is 6. The first-order valence-corrected chi connectivity index (χ1v) is 9.00. The van der Waals surface area contributed by atoms with Crippen molar-refractivity contribution in [3.05, 3.63) is 0 Å². The first-order valence-electron chi connectivity index (χ1n) is 9.00. The first-order chi connectivity index (χ1) is 10.1. The smallest absolute Gasteiger partial charge is 0.0808 e. The average molecular weight is 297 g/mol. The highest BCUT2D eigenvalue weighted by Crippen LogP contribution is 2.43. The van der Waals surface area contributed by atoms with Gasteiger partial charge in [-0.1, -0.05) is 27.2 Å². The number of nitrogens with two attached hydrogens (primary N) is 1. The van der Waals surface area contributed by atoms with E-state index in [0.717, 1.165) is 32.1 Å². The van der Waals surface area contributed by atoms with Gasteiger partial charge < -0.3 is 15.2 Å². The topological polar surface area (TPSA) is 44.5 Å². The molecule has 2 rings (SSSR count). The van der Waals surface area contributed by atoms with E-state index in [9.17, 15) is 0 Å². The molecule has 1 aliphatic heterocycles. The molecule has 4 atom stereocenters. The van der Waals surface area contributed by atoms with Gasteiger partial charge in [0.1, 0.15) is 0 Å². The minimum Gasteiger partial charge on any atom is -0.376 e. The summed E-state index contributed by atoms with van der Waals surface area (Å²) < 4.78 is 12.1. The van der Waals surface area contributed by atoms with Crippen LogP contribution in [0.4, 0.5) is 0 Å². The van der Waals surface area contributed by atoms with Crippen LogP contribution in [-0.2, 0) is 9.47 Å². The molecule has 0 aromatic rings. The van der Waals surface area contributed by atoms with Gasteiger partial charge >= 0.3 is 0 Å². The zero-order valence-electron chi connectivity index (χ0n) is 14.3. The van der Waals surface area contributed by atoms with Crippen LogP contribution in [0.2, 0.25) is 0 Å². The summed E-state index contributed by atoms with van der Waals surface area (Å²) in [5, 5.41) is 0. The van der Waals surface area contributed by atoms with Gasteiger partial charge in [-0.25, -0.2) is 0 Å². The van der Waals surface area contributed by atoms with Gasteiger partial charge in [-0.15, -0.1) is 0 Å². The molecule has 2 N–H and O–H groups in total. The highest BCUT2D eigenvalue weighted by Gasteiger charge is 2.37. The summed E-state index contributed by atoms with van der Waals surface area (Å²) in [5.74, 6) is 1.31. The molecular weight excluding hydrogens is 262 g/mol. The summed E-state index contributed by atoms with van der Waals surface area (Å²) in [6, 6.07) is 0. The molecule has 3 heteroatoms. The van der Waals surface area contributed by atoms with Gasteiger partial charge in [0.25, 0.3) is 0 Å². The second kappa shape index (κ2) is 7.94. The van der Waals surface area contributed by atoms with Gasteiger partial charge in [0, 0.05) is 6.61 Å². The standard InChI is InChI=1S/C18H35NO2/c1-4-18(2,3)15-9-8-14(12-19)17(11-15)21-13-16-7-5-6-10-20-16/h14-17H,4-13,19H2,1-3H3. The molecule has 2 aliphatic rings. The van der Waals surface area contributed by atoms with Crippen LogP contribution in [0.25, 0.3) is 0 Å². The zero-order chi connectivity index (χ0) is 15.3. The predicted molar refractivity (Wildman–Crippen MR) is 87.3 cm³/mol. The van der Waals surface area contributed by atoms with Crippen molar-refractivity contribution in [1.82, 2.24) is 0 Å². The van der Waals surface area contributed by atoms with Crippen LogP contribution in [0.1, 0.15) is 65.7 Å². The van der Waals surface area contributed by atoms with E-state index in [1.54, 1.807) is 0 Å². The fourth-order valence-corrected chi connectivity index (χ4v) is 3.83. The Balaban J connectivity index is 1.87. The van der Waals surface area contributed by atoms with Crippen molar-refractivity contribution in [3.8, 4) is 0 Å². The molecule has 2 fully saturated rings. The van der Waals surface area contributed by atoms with Crippen LogP contribution in [0.5, 0.6) is 0 Å². The van der Waals surface area contributed by atoms with Crippen molar-refractivity contribution < 1.29 is 9.47 Å². The molecule has 0 aromatic heterocycles. The highest BCUT2D eigenvalue weighted by molar-refractivity contribution is 4.88. The number of hydrogen-bond acceptors (Lipinski definition) is 3. The fraction of sp³-hybridized carbons (Fsp3) is 1.00. The molecule has 4 unspecified atom stereocenters. The van der Waals surface area contributed by atoms with Gasteiger partial charge in [0.05, 0.1) is 18.8 Å². The molecular formula is C18H35NO2. The van der Waals surface area contributed by atoms with E-state index in [-0.39, 0.29) is 0 Å². The lowest BCUT2D eigenvalue weighted by Crippen LogP contribution is -2.41. The quantitative estimate of drug-likeness (QED) is 0.812. The van der Waals surface area contributed by atoms with Crippen molar-refractivity contribution in [2.24, 2.45) is 23.0 Å².